The second-order valence-electron chi connectivity index (χ2n) is 6.38. The van der Waals surface area contributed by atoms with Crippen molar-refractivity contribution < 1.29 is 18.1 Å². The predicted molar refractivity (Wildman–Crippen MR) is 102 cm³/mol. The zero-order valence-electron chi connectivity index (χ0n) is 15.2. The van der Waals surface area contributed by atoms with E-state index in [4.69, 9.17) is 0 Å². The monoisotopic (exact) mass is 402 g/mol. The van der Waals surface area contributed by atoms with Gasteiger partial charge in [0.1, 0.15) is 4.90 Å². The zero-order chi connectivity index (χ0) is 20.5. The van der Waals surface area contributed by atoms with Crippen molar-refractivity contribution in [1.82, 2.24) is 10.2 Å². The Balaban J connectivity index is 1.70. The summed E-state index contributed by atoms with van der Waals surface area (Å²) in [5.74, 6) is -0.167. The first-order valence-corrected chi connectivity index (χ1v) is 9.82. The van der Waals surface area contributed by atoms with Crippen molar-refractivity contribution in [1.29, 1.82) is 0 Å². The number of benzene rings is 2. The van der Waals surface area contributed by atoms with Crippen molar-refractivity contribution in [2.75, 3.05) is 13.6 Å². The molecule has 0 saturated carbocycles. The highest BCUT2D eigenvalue weighted by Gasteiger charge is 2.31. The molecule has 3 rings (SSSR count). The van der Waals surface area contributed by atoms with Crippen LogP contribution >= 0.6 is 0 Å². The zero-order valence-corrected chi connectivity index (χ0v) is 16.0. The SMILES string of the molecule is CC(NC(=O)CN(C)C1=NS(=O)(=O)c2ccccc21)c1cccc([N+](=O)[O-])c1. The predicted octanol–water partition coefficient (Wildman–Crippen LogP) is 1.85. The van der Waals surface area contributed by atoms with Crippen LogP contribution in [0.4, 0.5) is 5.69 Å². The van der Waals surface area contributed by atoms with Crippen LogP contribution in [0.1, 0.15) is 24.1 Å². The third kappa shape index (κ3) is 3.86. The van der Waals surface area contributed by atoms with Gasteiger partial charge >= 0.3 is 0 Å². The Hall–Kier alpha value is -3.27. The van der Waals surface area contributed by atoms with E-state index >= 15 is 0 Å². The number of likely N-dealkylation sites (N-methyl/N-ethyl adjacent to an activating group) is 1. The topological polar surface area (TPSA) is 122 Å². The first-order valence-electron chi connectivity index (χ1n) is 8.38. The van der Waals surface area contributed by atoms with Crippen LogP contribution in [0.5, 0.6) is 0 Å². The molecule has 0 fully saturated rings. The van der Waals surface area contributed by atoms with E-state index in [1.165, 1.54) is 23.1 Å². The van der Waals surface area contributed by atoms with Gasteiger partial charge in [-0.1, -0.05) is 24.3 Å². The lowest BCUT2D eigenvalue weighted by Gasteiger charge is -2.20. The lowest BCUT2D eigenvalue weighted by Crippen LogP contribution is -2.39. The highest BCUT2D eigenvalue weighted by molar-refractivity contribution is 7.90. The van der Waals surface area contributed by atoms with E-state index in [-0.39, 0.29) is 28.9 Å². The number of nitrogens with zero attached hydrogens (tertiary/aromatic N) is 3. The lowest BCUT2D eigenvalue weighted by molar-refractivity contribution is -0.384. The molecule has 1 aliphatic heterocycles. The molecule has 0 aromatic heterocycles. The molecule has 0 saturated heterocycles. The molecule has 146 valence electrons. The van der Waals surface area contributed by atoms with Crippen LogP contribution in [0.2, 0.25) is 0 Å². The molecule has 10 heteroatoms. The van der Waals surface area contributed by atoms with Crippen LogP contribution in [-0.4, -0.2) is 43.6 Å². The Morgan fingerprint density at radius 2 is 1.96 bits per heavy atom. The highest BCUT2D eigenvalue weighted by atomic mass is 32.2. The van der Waals surface area contributed by atoms with Gasteiger partial charge in [0.05, 0.1) is 17.5 Å². The lowest BCUT2D eigenvalue weighted by atomic mass is 10.1. The maximum atomic E-state index is 12.4. The second kappa shape index (κ2) is 7.39. The minimum absolute atomic E-state index is 0.0576. The Bertz CT molecular complexity index is 1080. The van der Waals surface area contributed by atoms with Gasteiger partial charge in [0.25, 0.3) is 15.7 Å². The van der Waals surface area contributed by atoms with E-state index in [0.717, 1.165) is 0 Å². The Morgan fingerprint density at radius 1 is 1.25 bits per heavy atom. The number of rotatable bonds is 5. The van der Waals surface area contributed by atoms with Crippen LogP contribution in [0.15, 0.2) is 57.8 Å². The molecule has 0 spiro atoms. The van der Waals surface area contributed by atoms with Gasteiger partial charge in [-0.05, 0) is 24.6 Å². The number of hydrogen-bond donors (Lipinski definition) is 1. The van der Waals surface area contributed by atoms with Crippen molar-refractivity contribution >= 4 is 27.5 Å². The van der Waals surface area contributed by atoms with Crippen molar-refractivity contribution in [3.8, 4) is 0 Å². The molecule has 1 N–H and O–H groups in total. The van der Waals surface area contributed by atoms with Crippen molar-refractivity contribution in [2.45, 2.75) is 17.9 Å². The minimum Gasteiger partial charge on any atom is -0.349 e. The van der Waals surface area contributed by atoms with Gasteiger partial charge in [0.2, 0.25) is 5.91 Å². The summed E-state index contributed by atoms with van der Waals surface area (Å²) in [7, 11) is -2.19. The molecule has 1 heterocycles. The van der Waals surface area contributed by atoms with E-state index in [0.29, 0.717) is 11.1 Å². The van der Waals surface area contributed by atoms with Crippen molar-refractivity contribution in [2.24, 2.45) is 4.40 Å². The molecule has 0 radical (unpaired) electrons. The number of hydrogen-bond acceptors (Lipinski definition) is 6. The smallest absolute Gasteiger partial charge is 0.285 e. The molecule has 1 amide bonds. The summed E-state index contributed by atoms with van der Waals surface area (Å²) in [6.45, 7) is 1.59. The van der Waals surface area contributed by atoms with Crippen LogP contribution in [0.3, 0.4) is 0 Å². The van der Waals surface area contributed by atoms with E-state index < -0.39 is 21.0 Å². The summed E-state index contributed by atoms with van der Waals surface area (Å²) in [6, 6.07) is 12.0. The fraction of sp³-hybridized carbons (Fsp3) is 0.222. The number of nitrogens with one attached hydrogen (secondary N) is 1. The first kappa shape index (κ1) is 19.5. The van der Waals surface area contributed by atoms with Gasteiger partial charge in [0.15, 0.2) is 5.84 Å². The first-order chi connectivity index (χ1) is 13.2. The van der Waals surface area contributed by atoms with Crippen LogP contribution in [-0.2, 0) is 14.8 Å². The van der Waals surface area contributed by atoms with Gasteiger partial charge in [-0.25, -0.2) is 0 Å². The third-order valence-electron chi connectivity index (χ3n) is 4.31. The summed E-state index contributed by atoms with van der Waals surface area (Å²) in [6.07, 6.45) is 0. The van der Waals surface area contributed by atoms with E-state index in [1.54, 1.807) is 44.3 Å². The molecular formula is C18H18N4O5S. The van der Waals surface area contributed by atoms with E-state index in [9.17, 15) is 23.3 Å². The highest BCUT2D eigenvalue weighted by Crippen LogP contribution is 2.27. The fourth-order valence-corrected chi connectivity index (χ4v) is 4.18. The molecule has 1 unspecified atom stereocenters. The summed E-state index contributed by atoms with van der Waals surface area (Å²) < 4.78 is 28.0. The van der Waals surface area contributed by atoms with Crippen LogP contribution in [0.25, 0.3) is 0 Å². The number of amidine groups is 1. The third-order valence-corrected chi connectivity index (χ3v) is 5.64. The molecule has 2 aromatic rings. The quantitative estimate of drug-likeness (QED) is 0.602. The second-order valence-corrected chi connectivity index (χ2v) is 7.96. The van der Waals surface area contributed by atoms with Gasteiger partial charge < -0.3 is 10.2 Å². The summed E-state index contributed by atoms with van der Waals surface area (Å²) in [5, 5.41) is 13.6. The van der Waals surface area contributed by atoms with E-state index in [2.05, 4.69) is 9.71 Å². The minimum atomic E-state index is -3.76. The molecular weight excluding hydrogens is 384 g/mol. The Labute approximate surface area is 161 Å². The van der Waals surface area contributed by atoms with Gasteiger partial charge in [0, 0.05) is 24.7 Å². The number of nitro benzene ring substituents is 1. The average molecular weight is 402 g/mol. The molecule has 2 aromatic carbocycles. The number of fused-ring (bicyclic) bond motifs is 1. The normalized spacial score (nSPS) is 15.3. The average Bonchev–Trinajstić information content (AvgIpc) is 2.93. The van der Waals surface area contributed by atoms with Crippen LogP contribution < -0.4 is 5.32 Å². The number of non-ortho nitro benzene ring substituents is 1. The maximum absolute atomic E-state index is 12.4. The van der Waals surface area contributed by atoms with Gasteiger partial charge in [-0.2, -0.15) is 8.42 Å². The number of sulfonamides is 1. The van der Waals surface area contributed by atoms with Crippen LogP contribution in [0, 0.1) is 10.1 Å². The standard InChI is InChI=1S/C18H18N4O5S/c1-12(13-6-5-7-14(10-13)22(24)25)19-17(23)11-21(2)18-15-8-3-4-9-16(15)28(26,27)20-18/h3-10,12H,11H2,1-2H3,(H,19,23). The van der Waals surface area contributed by atoms with Gasteiger partial charge in [-0.15, -0.1) is 4.40 Å². The molecule has 1 aliphatic rings. The molecule has 0 aliphatic carbocycles. The number of carbonyl (C=O) groups is 1. The number of carbonyl (C=O) groups excluding carboxylic acids is 1. The molecule has 1 atom stereocenters. The Morgan fingerprint density at radius 3 is 2.68 bits per heavy atom. The van der Waals surface area contributed by atoms with Gasteiger partial charge in [-0.3, -0.25) is 14.9 Å². The maximum Gasteiger partial charge on any atom is 0.285 e. The molecule has 9 nitrogen and oxygen atoms in total. The fourth-order valence-electron chi connectivity index (χ4n) is 2.93. The molecule has 28 heavy (non-hydrogen) atoms. The summed E-state index contributed by atoms with van der Waals surface area (Å²) >= 11 is 0. The van der Waals surface area contributed by atoms with E-state index in [1.807, 2.05) is 0 Å². The number of amides is 1. The summed E-state index contributed by atoms with van der Waals surface area (Å²) in [4.78, 5) is 24.4. The largest absolute Gasteiger partial charge is 0.349 e. The van der Waals surface area contributed by atoms with Crippen molar-refractivity contribution in [3.05, 3.63) is 69.8 Å². The summed E-state index contributed by atoms with van der Waals surface area (Å²) in [5.41, 5.74) is 0.985. The molecule has 0 bridgehead atoms. The van der Waals surface area contributed by atoms with Crippen molar-refractivity contribution in [3.63, 3.8) is 0 Å². The number of nitro groups is 1. The Kier molecular flexibility index (Phi) is 5.14.